The van der Waals surface area contributed by atoms with Crippen molar-refractivity contribution in [1.82, 2.24) is 10.2 Å². The molecule has 84 valence electrons. The Bertz CT molecular complexity index is 166. The second-order valence-corrected chi connectivity index (χ2v) is 5.12. The summed E-state index contributed by atoms with van der Waals surface area (Å²) in [6.07, 6.45) is 3.87. The fourth-order valence-electron chi connectivity index (χ4n) is 2.29. The van der Waals surface area contributed by atoms with E-state index in [0.717, 1.165) is 12.6 Å². The van der Waals surface area contributed by atoms with Gasteiger partial charge in [0.2, 0.25) is 0 Å². The van der Waals surface area contributed by atoms with Gasteiger partial charge in [0.1, 0.15) is 0 Å². The predicted molar refractivity (Wildman–Crippen MR) is 62.6 cm³/mol. The molecular formula is C12H26N2. The lowest BCUT2D eigenvalue weighted by Gasteiger charge is -2.46. The second-order valence-electron chi connectivity index (χ2n) is 5.12. The van der Waals surface area contributed by atoms with E-state index in [2.05, 4.69) is 37.9 Å². The van der Waals surface area contributed by atoms with Crippen LogP contribution in [0.1, 0.15) is 47.0 Å². The lowest BCUT2D eigenvalue weighted by atomic mass is 9.95. The summed E-state index contributed by atoms with van der Waals surface area (Å²) >= 11 is 0. The number of hydrogen-bond donors (Lipinski definition) is 1. The van der Waals surface area contributed by atoms with E-state index in [1.54, 1.807) is 0 Å². The molecule has 1 atom stereocenters. The van der Waals surface area contributed by atoms with E-state index in [1.165, 1.54) is 32.4 Å². The van der Waals surface area contributed by atoms with Crippen molar-refractivity contribution in [2.24, 2.45) is 0 Å². The van der Waals surface area contributed by atoms with Crippen molar-refractivity contribution in [2.45, 2.75) is 58.5 Å². The summed E-state index contributed by atoms with van der Waals surface area (Å²) < 4.78 is 0. The minimum atomic E-state index is 0.347. The van der Waals surface area contributed by atoms with Gasteiger partial charge in [0.15, 0.2) is 0 Å². The largest absolute Gasteiger partial charge is 0.311 e. The summed E-state index contributed by atoms with van der Waals surface area (Å²) in [6.45, 7) is 12.8. The van der Waals surface area contributed by atoms with E-state index in [-0.39, 0.29) is 0 Å². The van der Waals surface area contributed by atoms with Crippen LogP contribution in [0, 0.1) is 0 Å². The molecule has 1 aliphatic heterocycles. The highest BCUT2D eigenvalue weighted by Gasteiger charge is 2.32. The SMILES string of the molecule is CCCC1CN(CCC)C(C)(C)CN1. The van der Waals surface area contributed by atoms with Crippen LogP contribution >= 0.6 is 0 Å². The fraction of sp³-hybridized carbons (Fsp3) is 1.00. The van der Waals surface area contributed by atoms with Gasteiger partial charge in [-0.3, -0.25) is 4.90 Å². The molecule has 0 spiro atoms. The third kappa shape index (κ3) is 2.96. The Labute approximate surface area is 89.1 Å². The van der Waals surface area contributed by atoms with Gasteiger partial charge in [0.05, 0.1) is 0 Å². The van der Waals surface area contributed by atoms with E-state index < -0.39 is 0 Å². The van der Waals surface area contributed by atoms with Gasteiger partial charge in [-0.15, -0.1) is 0 Å². The van der Waals surface area contributed by atoms with Gasteiger partial charge in [-0.25, -0.2) is 0 Å². The molecule has 1 rings (SSSR count). The molecule has 0 amide bonds. The summed E-state index contributed by atoms with van der Waals surface area (Å²) in [5, 5.41) is 3.66. The second kappa shape index (κ2) is 5.13. The number of rotatable bonds is 4. The van der Waals surface area contributed by atoms with Crippen molar-refractivity contribution in [3.8, 4) is 0 Å². The molecule has 1 unspecified atom stereocenters. The molecule has 0 aliphatic carbocycles. The molecule has 1 saturated heterocycles. The first-order valence-electron chi connectivity index (χ1n) is 6.08. The van der Waals surface area contributed by atoms with E-state index >= 15 is 0 Å². The lowest BCUT2D eigenvalue weighted by Crippen LogP contribution is -2.61. The van der Waals surface area contributed by atoms with Gasteiger partial charge in [-0.05, 0) is 33.2 Å². The van der Waals surface area contributed by atoms with Crippen LogP contribution < -0.4 is 5.32 Å². The van der Waals surface area contributed by atoms with Gasteiger partial charge < -0.3 is 5.32 Å². The third-order valence-electron chi connectivity index (χ3n) is 3.25. The highest BCUT2D eigenvalue weighted by molar-refractivity contribution is 4.92. The minimum absolute atomic E-state index is 0.347. The Morgan fingerprint density at radius 1 is 1.29 bits per heavy atom. The Kier molecular flexibility index (Phi) is 4.39. The maximum Gasteiger partial charge on any atom is 0.0278 e. The fourth-order valence-corrected chi connectivity index (χ4v) is 2.29. The zero-order valence-corrected chi connectivity index (χ0v) is 10.3. The highest BCUT2D eigenvalue weighted by Crippen LogP contribution is 2.20. The predicted octanol–water partition coefficient (Wildman–Crippen LogP) is 2.25. The van der Waals surface area contributed by atoms with Gasteiger partial charge in [0, 0.05) is 24.7 Å². The summed E-state index contributed by atoms with van der Waals surface area (Å²) in [7, 11) is 0. The van der Waals surface area contributed by atoms with E-state index in [9.17, 15) is 0 Å². The number of hydrogen-bond acceptors (Lipinski definition) is 2. The number of piperazine rings is 1. The van der Waals surface area contributed by atoms with Gasteiger partial charge in [-0.1, -0.05) is 20.3 Å². The van der Waals surface area contributed by atoms with Gasteiger partial charge in [0.25, 0.3) is 0 Å². The van der Waals surface area contributed by atoms with Crippen molar-refractivity contribution in [3.63, 3.8) is 0 Å². The van der Waals surface area contributed by atoms with Crippen molar-refractivity contribution < 1.29 is 0 Å². The molecule has 14 heavy (non-hydrogen) atoms. The molecule has 1 aliphatic rings. The molecule has 1 fully saturated rings. The normalized spacial score (nSPS) is 27.9. The molecular weight excluding hydrogens is 172 g/mol. The topological polar surface area (TPSA) is 15.3 Å². The highest BCUT2D eigenvalue weighted by atomic mass is 15.3. The number of nitrogens with one attached hydrogen (secondary N) is 1. The average molecular weight is 198 g/mol. The lowest BCUT2D eigenvalue weighted by molar-refractivity contribution is 0.0640. The van der Waals surface area contributed by atoms with Crippen LogP contribution in [0.25, 0.3) is 0 Å². The molecule has 1 heterocycles. The first-order valence-corrected chi connectivity index (χ1v) is 6.08. The van der Waals surface area contributed by atoms with Crippen LogP contribution in [0.2, 0.25) is 0 Å². The average Bonchev–Trinajstić information content (AvgIpc) is 2.12. The van der Waals surface area contributed by atoms with Crippen molar-refractivity contribution in [2.75, 3.05) is 19.6 Å². The molecule has 0 aromatic heterocycles. The molecule has 0 aromatic rings. The molecule has 0 radical (unpaired) electrons. The van der Waals surface area contributed by atoms with Crippen LogP contribution in [0.5, 0.6) is 0 Å². The zero-order chi connectivity index (χ0) is 10.6. The maximum absolute atomic E-state index is 3.66. The monoisotopic (exact) mass is 198 g/mol. The smallest absolute Gasteiger partial charge is 0.0278 e. The van der Waals surface area contributed by atoms with E-state index in [0.29, 0.717) is 5.54 Å². The summed E-state index contributed by atoms with van der Waals surface area (Å²) in [4.78, 5) is 2.64. The Hall–Kier alpha value is -0.0800. The first kappa shape index (κ1) is 12.0. The van der Waals surface area contributed by atoms with Crippen LogP contribution in [-0.4, -0.2) is 36.1 Å². The van der Waals surface area contributed by atoms with Gasteiger partial charge in [-0.2, -0.15) is 0 Å². The first-order chi connectivity index (χ1) is 6.60. The molecule has 0 aromatic carbocycles. The Morgan fingerprint density at radius 3 is 2.57 bits per heavy atom. The zero-order valence-electron chi connectivity index (χ0n) is 10.3. The quantitative estimate of drug-likeness (QED) is 0.745. The Balaban J connectivity index is 2.49. The third-order valence-corrected chi connectivity index (χ3v) is 3.25. The van der Waals surface area contributed by atoms with E-state index in [1.807, 2.05) is 0 Å². The summed E-state index contributed by atoms with van der Waals surface area (Å²) in [6, 6.07) is 0.722. The van der Waals surface area contributed by atoms with Crippen LogP contribution in [0.4, 0.5) is 0 Å². The molecule has 1 N–H and O–H groups in total. The van der Waals surface area contributed by atoms with Crippen molar-refractivity contribution in [3.05, 3.63) is 0 Å². The Morgan fingerprint density at radius 2 is 2.00 bits per heavy atom. The van der Waals surface area contributed by atoms with Crippen LogP contribution in [0.3, 0.4) is 0 Å². The van der Waals surface area contributed by atoms with Gasteiger partial charge >= 0.3 is 0 Å². The van der Waals surface area contributed by atoms with Crippen molar-refractivity contribution in [1.29, 1.82) is 0 Å². The van der Waals surface area contributed by atoms with Crippen molar-refractivity contribution >= 4 is 0 Å². The standard InChI is InChI=1S/C12H26N2/c1-5-7-11-9-14(8-6-2)12(3,4)10-13-11/h11,13H,5-10H2,1-4H3. The molecule has 0 saturated carbocycles. The van der Waals surface area contributed by atoms with Crippen LogP contribution in [0.15, 0.2) is 0 Å². The molecule has 0 bridgehead atoms. The summed E-state index contributed by atoms with van der Waals surface area (Å²) in [5.41, 5.74) is 0.347. The molecule has 2 nitrogen and oxygen atoms in total. The molecule has 2 heteroatoms. The van der Waals surface area contributed by atoms with Crippen LogP contribution in [-0.2, 0) is 0 Å². The number of nitrogens with zero attached hydrogens (tertiary/aromatic N) is 1. The summed E-state index contributed by atoms with van der Waals surface area (Å²) in [5.74, 6) is 0. The minimum Gasteiger partial charge on any atom is -0.311 e. The maximum atomic E-state index is 3.66. The van der Waals surface area contributed by atoms with E-state index in [4.69, 9.17) is 0 Å².